The van der Waals surface area contributed by atoms with E-state index in [1.54, 1.807) is 13.3 Å². The van der Waals surface area contributed by atoms with Gasteiger partial charge < -0.3 is 4.74 Å². The lowest BCUT2D eigenvalue weighted by atomic mass is 10.0. The van der Waals surface area contributed by atoms with Crippen LogP contribution in [0, 0.1) is 6.92 Å². The molecule has 0 bridgehead atoms. The number of methoxy groups -OCH3 is 1. The first-order valence-corrected chi connectivity index (χ1v) is 7.21. The highest BCUT2D eigenvalue weighted by atomic mass is 35.5. The molecular formula is C15H21ClN4O. The highest BCUT2D eigenvalue weighted by molar-refractivity contribution is 6.32. The Balaban J connectivity index is 2.61. The third kappa shape index (κ3) is 2.90. The average Bonchev–Trinajstić information content (AvgIpc) is 2.88. The lowest BCUT2D eigenvalue weighted by Gasteiger charge is -2.22. The Hall–Kier alpha value is -1.56. The maximum absolute atomic E-state index is 6.45. The molecule has 6 heteroatoms. The average molecular weight is 309 g/mol. The van der Waals surface area contributed by atoms with Gasteiger partial charge in [-0.05, 0) is 31.9 Å². The Kier molecular flexibility index (Phi) is 4.88. The molecule has 21 heavy (non-hydrogen) atoms. The molecule has 0 saturated heterocycles. The molecule has 0 amide bonds. The topological polar surface area (TPSA) is 65.1 Å². The number of nitrogens with two attached hydrogens (primary N) is 1. The first-order chi connectivity index (χ1) is 10.0. The van der Waals surface area contributed by atoms with E-state index in [-0.39, 0.29) is 12.1 Å². The number of ether oxygens (including phenoxy) is 1. The molecule has 1 unspecified atom stereocenters. The zero-order valence-electron chi connectivity index (χ0n) is 12.7. The number of hydrogen-bond donors (Lipinski definition) is 2. The fraction of sp³-hybridized carbons (Fsp3) is 0.400. The van der Waals surface area contributed by atoms with Gasteiger partial charge in [0.2, 0.25) is 0 Å². The van der Waals surface area contributed by atoms with Gasteiger partial charge in [0.25, 0.3) is 0 Å². The molecule has 0 fully saturated rings. The largest absolute Gasteiger partial charge is 0.493 e. The lowest BCUT2D eigenvalue weighted by molar-refractivity contribution is 0.394. The Morgan fingerprint density at radius 2 is 2.10 bits per heavy atom. The number of nitrogens with zero attached hydrogens (tertiary/aromatic N) is 2. The van der Waals surface area contributed by atoms with E-state index in [2.05, 4.69) is 24.4 Å². The van der Waals surface area contributed by atoms with Gasteiger partial charge in [-0.3, -0.25) is 10.5 Å². The molecule has 3 N–H and O–H groups in total. The highest BCUT2D eigenvalue weighted by Crippen LogP contribution is 2.35. The van der Waals surface area contributed by atoms with Crippen molar-refractivity contribution in [3.05, 3.63) is 46.2 Å². The second kappa shape index (κ2) is 6.47. The molecule has 1 heterocycles. The fourth-order valence-corrected chi connectivity index (χ4v) is 2.64. The number of hydrazine groups is 1. The molecule has 0 aliphatic heterocycles. The second-order valence-corrected chi connectivity index (χ2v) is 5.59. The number of nitrogens with one attached hydrogen (secondary N) is 1. The van der Waals surface area contributed by atoms with Crippen LogP contribution in [-0.2, 0) is 0 Å². The van der Waals surface area contributed by atoms with Crippen molar-refractivity contribution in [2.24, 2.45) is 5.84 Å². The van der Waals surface area contributed by atoms with Crippen LogP contribution in [0.5, 0.6) is 5.75 Å². The monoisotopic (exact) mass is 308 g/mol. The van der Waals surface area contributed by atoms with E-state index < -0.39 is 0 Å². The Bertz CT molecular complexity index is 624. The number of benzene rings is 1. The Morgan fingerprint density at radius 3 is 2.67 bits per heavy atom. The molecule has 1 aromatic heterocycles. The highest BCUT2D eigenvalue weighted by Gasteiger charge is 2.25. The summed E-state index contributed by atoms with van der Waals surface area (Å²) in [6.07, 6.45) is 1.70. The number of hydrogen-bond acceptors (Lipinski definition) is 4. The van der Waals surface area contributed by atoms with Crippen molar-refractivity contribution in [1.82, 2.24) is 15.2 Å². The van der Waals surface area contributed by atoms with Gasteiger partial charge in [-0.2, -0.15) is 5.10 Å². The number of aromatic nitrogens is 2. The number of aryl methyl sites for hydroxylation is 1. The third-order valence-corrected chi connectivity index (χ3v) is 4.00. The molecule has 0 saturated carbocycles. The molecular weight excluding hydrogens is 288 g/mol. The Morgan fingerprint density at radius 1 is 1.38 bits per heavy atom. The van der Waals surface area contributed by atoms with Crippen molar-refractivity contribution in [2.75, 3.05) is 7.11 Å². The van der Waals surface area contributed by atoms with Gasteiger partial charge >= 0.3 is 0 Å². The van der Waals surface area contributed by atoms with Gasteiger partial charge in [-0.1, -0.05) is 29.8 Å². The van der Waals surface area contributed by atoms with Crippen LogP contribution in [-0.4, -0.2) is 16.9 Å². The van der Waals surface area contributed by atoms with Crippen LogP contribution in [0.2, 0.25) is 5.02 Å². The minimum atomic E-state index is -0.294. The molecule has 1 atom stereocenters. The maximum Gasteiger partial charge on any atom is 0.161 e. The predicted octanol–water partition coefficient (Wildman–Crippen LogP) is 2.99. The molecule has 2 rings (SSSR count). The van der Waals surface area contributed by atoms with Crippen LogP contribution in [0.3, 0.4) is 0 Å². The van der Waals surface area contributed by atoms with Gasteiger partial charge in [0.15, 0.2) is 5.75 Å². The quantitative estimate of drug-likeness (QED) is 0.658. The first kappa shape index (κ1) is 15.8. The van der Waals surface area contributed by atoms with E-state index in [4.69, 9.17) is 22.2 Å². The summed E-state index contributed by atoms with van der Waals surface area (Å²) in [6.45, 7) is 6.08. The van der Waals surface area contributed by atoms with Crippen molar-refractivity contribution in [2.45, 2.75) is 32.9 Å². The summed E-state index contributed by atoms with van der Waals surface area (Å²) in [5.41, 5.74) is 5.60. The molecule has 1 aromatic carbocycles. The van der Waals surface area contributed by atoms with Crippen LogP contribution in [0.1, 0.15) is 42.8 Å². The standard InChI is InChI=1S/C15H21ClN4O/c1-9(2)20-15(12(21-4)8-18-20)14(19-17)11-7-5-6-10(3)13(11)16/h5-9,14,19H,17H2,1-4H3. The number of rotatable bonds is 5. The van der Waals surface area contributed by atoms with Crippen LogP contribution in [0.15, 0.2) is 24.4 Å². The van der Waals surface area contributed by atoms with E-state index >= 15 is 0 Å². The van der Waals surface area contributed by atoms with Gasteiger partial charge in [-0.25, -0.2) is 5.43 Å². The minimum absolute atomic E-state index is 0.184. The van der Waals surface area contributed by atoms with Gasteiger partial charge in [0.1, 0.15) is 5.69 Å². The molecule has 2 aromatic rings. The summed E-state index contributed by atoms with van der Waals surface area (Å²) in [6, 6.07) is 5.78. The van der Waals surface area contributed by atoms with Crippen LogP contribution in [0.25, 0.3) is 0 Å². The minimum Gasteiger partial charge on any atom is -0.493 e. The third-order valence-electron chi connectivity index (χ3n) is 3.48. The molecule has 0 spiro atoms. The molecule has 0 radical (unpaired) electrons. The van der Waals surface area contributed by atoms with Gasteiger partial charge in [0, 0.05) is 11.1 Å². The summed E-state index contributed by atoms with van der Waals surface area (Å²) in [5, 5.41) is 5.08. The first-order valence-electron chi connectivity index (χ1n) is 6.83. The van der Waals surface area contributed by atoms with Crippen molar-refractivity contribution < 1.29 is 4.74 Å². The van der Waals surface area contributed by atoms with Gasteiger partial charge in [0.05, 0.1) is 19.3 Å². The van der Waals surface area contributed by atoms with Crippen molar-refractivity contribution >= 4 is 11.6 Å². The predicted molar refractivity (Wildman–Crippen MR) is 84.5 cm³/mol. The summed E-state index contributed by atoms with van der Waals surface area (Å²) in [5.74, 6) is 6.49. The summed E-state index contributed by atoms with van der Waals surface area (Å²) >= 11 is 6.45. The lowest BCUT2D eigenvalue weighted by Crippen LogP contribution is -2.31. The molecule has 114 valence electrons. The SMILES string of the molecule is COc1cnn(C(C)C)c1C(NN)c1cccc(C)c1Cl. The van der Waals surface area contributed by atoms with Crippen molar-refractivity contribution in [3.8, 4) is 5.75 Å². The van der Waals surface area contributed by atoms with E-state index in [9.17, 15) is 0 Å². The zero-order valence-corrected chi connectivity index (χ0v) is 13.5. The van der Waals surface area contributed by atoms with Crippen molar-refractivity contribution in [3.63, 3.8) is 0 Å². The summed E-state index contributed by atoms with van der Waals surface area (Å²) in [4.78, 5) is 0. The smallest absolute Gasteiger partial charge is 0.161 e. The van der Waals surface area contributed by atoms with Gasteiger partial charge in [-0.15, -0.1) is 0 Å². The summed E-state index contributed by atoms with van der Waals surface area (Å²) < 4.78 is 7.32. The normalized spacial score (nSPS) is 12.7. The number of halogens is 1. The van der Waals surface area contributed by atoms with E-state index in [0.29, 0.717) is 10.8 Å². The van der Waals surface area contributed by atoms with E-state index in [0.717, 1.165) is 16.8 Å². The second-order valence-electron chi connectivity index (χ2n) is 5.21. The molecule has 0 aliphatic carbocycles. The van der Waals surface area contributed by atoms with Crippen molar-refractivity contribution in [1.29, 1.82) is 0 Å². The van der Waals surface area contributed by atoms with E-state index in [1.165, 1.54) is 0 Å². The molecule has 5 nitrogen and oxygen atoms in total. The maximum atomic E-state index is 6.45. The fourth-order valence-electron chi connectivity index (χ4n) is 2.41. The van der Waals surface area contributed by atoms with E-state index in [1.807, 2.05) is 29.8 Å². The summed E-state index contributed by atoms with van der Waals surface area (Å²) in [7, 11) is 1.62. The van der Waals surface area contributed by atoms with Crippen LogP contribution < -0.4 is 16.0 Å². The molecule has 0 aliphatic rings. The zero-order chi connectivity index (χ0) is 15.6. The van der Waals surface area contributed by atoms with Crippen LogP contribution in [0.4, 0.5) is 0 Å². The Labute approximate surface area is 130 Å². The van der Waals surface area contributed by atoms with Crippen LogP contribution >= 0.6 is 11.6 Å².